The number of carbonyl (C=O) groups is 1. The number of hydrogen-bond acceptors (Lipinski definition) is 1. The van der Waals surface area contributed by atoms with Crippen LogP contribution < -0.4 is 0 Å². The Morgan fingerprint density at radius 1 is 1.04 bits per heavy atom. The first kappa shape index (κ1) is 16.6. The minimum Gasteiger partial charge on any atom is -0.335 e. The fourth-order valence-electron chi connectivity index (χ4n) is 2.89. The Morgan fingerprint density at radius 3 is 2.22 bits per heavy atom. The van der Waals surface area contributed by atoms with E-state index in [-0.39, 0.29) is 11.8 Å². The van der Waals surface area contributed by atoms with Crippen molar-refractivity contribution in [3.63, 3.8) is 0 Å². The van der Waals surface area contributed by atoms with Gasteiger partial charge in [0.25, 0.3) is 5.91 Å². The topological polar surface area (TPSA) is 20.3 Å². The second kappa shape index (κ2) is 6.72. The van der Waals surface area contributed by atoms with Crippen molar-refractivity contribution in [3.8, 4) is 0 Å². The number of carbonyl (C=O) groups excluding carboxylic acids is 1. The van der Waals surface area contributed by atoms with Crippen molar-refractivity contribution in [2.24, 2.45) is 5.92 Å². The van der Waals surface area contributed by atoms with E-state index in [2.05, 4.69) is 0 Å². The van der Waals surface area contributed by atoms with Crippen LogP contribution in [0.4, 0.5) is 0 Å². The SMILES string of the molecule is O=C1N(Cc2ccccc2)CC([C@@H](Cl)c2ccccc2)C1(Cl)Cl. The summed E-state index contributed by atoms with van der Waals surface area (Å²) in [4.78, 5) is 14.3. The molecule has 120 valence electrons. The average Bonchev–Trinajstić information content (AvgIpc) is 2.79. The highest BCUT2D eigenvalue weighted by Gasteiger charge is 2.54. The molecule has 1 unspecified atom stereocenters. The Labute approximate surface area is 151 Å². The number of hydrogen-bond donors (Lipinski definition) is 0. The molecule has 1 fully saturated rings. The van der Waals surface area contributed by atoms with Crippen molar-refractivity contribution in [3.05, 3.63) is 71.8 Å². The van der Waals surface area contributed by atoms with E-state index in [1.54, 1.807) is 4.90 Å². The summed E-state index contributed by atoms with van der Waals surface area (Å²) in [7, 11) is 0. The summed E-state index contributed by atoms with van der Waals surface area (Å²) in [6.45, 7) is 0.916. The molecule has 5 heteroatoms. The summed E-state index contributed by atoms with van der Waals surface area (Å²) in [5, 5.41) is -0.420. The van der Waals surface area contributed by atoms with Gasteiger partial charge >= 0.3 is 0 Å². The van der Waals surface area contributed by atoms with Crippen molar-refractivity contribution in [1.29, 1.82) is 0 Å². The van der Waals surface area contributed by atoms with E-state index >= 15 is 0 Å². The highest BCUT2D eigenvalue weighted by molar-refractivity contribution is 6.59. The normalized spacial score (nSPS) is 21.4. The number of rotatable bonds is 4. The van der Waals surface area contributed by atoms with Gasteiger partial charge in [-0.25, -0.2) is 0 Å². The van der Waals surface area contributed by atoms with E-state index in [4.69, 9.17) is 34.8 Å². The zero-order chi connectivity index (χ0) is 16.4. The van der Waals surface area contributed by atoms with Crippen LogP contribution in [0, 0.1) is 5.92 Å². The van der Waals surface area contributed by atoms with Gasteiger partial charge in [-0.1, -0.05) is 83.9 Å². The molecule has 23 heavy (non-hydrogen) atoms. The third kappa shape index (κ3) is 3.35. The van der Waals surface area contributed by atoms with Gasteiger partial charge in [0.2, 0.25) is 4.33 Å². The molecule has 2 aromatic rings. The number of benzene rings is 2. The Morgan fingerprint density at radius 2 is 1.61 bits per heavy atom. The highest BCUT2D eigenvalue weighted by atomic mass is 35.5. The predicted octanol–water partition coefficient (Wildman–Crippen LogP) is 4.80. The standard InChI is InChI=1S/C18H16Cl3NO/c19-16(14-9-5-2-6-10-14)15-12-22(17(23)18(15,20)21)11-13-7-3-1-4-8-13/h1-10,15-16H,11-12H2/t15?,16-/m0/s1. The smallest absolute Gasteiger partial charge is 0.259 e. The molecular weight excluding hydrogens is 353 g/mol. The highest BCUT2D eigenvalue weighted by Crippen LogP contribution is 2.48. The van der Waals surface area contributed by atoms with Crippen LogP contribution in [-0.4, -0.2) is 21.7 Å². The third-order valence-corrected chi connectivity index (χ3v) is 5.58. The molecule has 0 aromatic heterocycles. The molecule has 1 amide bonds. The summed E-state index contributed by atoms with van der Waals surface area (Å²) in [6, 6.07) is 19.4. The molecule has 0 aliphatic carbocycles. The summed E-state index contributed by atoms with van der Waals surface area (Å²) < 4.78 is -1.50. The molecule has 1 heterocycles. The van der Waals surface area contributed by atoms with Gasteiger partial charge < -0.3 is 4.90 Å². The van der Waals surface area contributed by atoms with E-state index in [1.807, 2.05) is 60.7 Å². The Balaban J connectivity index is 1.81. The quantitative estimate of drug-likeness (QED) is 0.710. The largest absolute Gasteiger partial charge is 0.335 e. The molecule has 2 nitrogen and oxygen atoms in total. The number of amides is 1. The lowest BCUT2D eigenvalue weighted by atomic mass is 9.97. The molecule has 0 spiro atoms. The van der Waals surface area contributed by atoms with Crippen molar-refractivity contribution >= 4 is 40.7 Å². The van der Waals surface area contributed by atoms with Gasteiger partial charge in [0.15, 0.2) is 0 Å². The first-order valence-electron chi connectivity index (χ1n) is 7.40. The van der Waals surface area contributed by atoms with E-state index < -0.39 is 9.71 Å². The second-order valence-electron chi connectivity index (χ2n) is 5.71. The Hall–Kier alpha value is -1.22. The monoisotopic (exact) mass is 367 g/mol. The zero-order valence-corrected chi connectivity index (χ0v) is 14.6. The molecule has 1 aliphatic heterocycles. The second-order valence-corrected chi connectivity index (χ2v) is 7.57. The molecule has 1 aliphatic rings. The maximum Gasteiger partial charge on any atom is 0.259 e. The fraction of sp³-hybridized carbons (Fsp3) is 0.278. The van der Waals surface area contributed by atoms with Crippen LogP contribution >= 0.6 is 34.8 Å². The summed E-state index contributed by atoms with van der Waals surface area (Å²) in [5.41, 5.74) is 1.95. The van der Waals surface area contributed by atoms with E-state index in [1.165, 1.54) is 0 Å². The number of likely N-dealkylation sites (tertiary alicyclic amines) is 1. The van der Waals surface area contributed by atoms with Gasteiger partial charge in [-0.3, -0.25) is 4.79 Å². The first-order valence-corrected chi connectivity index (χ1v) is 8.59. The fourth-order valence-corrected chi connectivity index (χ4v) is 4.06. The maximum absolute atomic E-state index is 12.6. The third-order valence-electron chi connectivity index (χ3n) is 4.14. The summed E-state index contributed by atoms with van der Waals surface area (Å²) >= 11 is 19.3. The molecular formula is C18H16Cl3NO. The minimum absolute atomic E-state index is 0.281. The molecule has 0 bridgehead atoms. The van der Waals surface area contributed by atoms with Crippen LogP contribution in [-0.2, 0) is 11.3 Å². The van der Waals surface area contributed by atoms with Crippen molar-refractivity contribution < 1.29 is 4.79 Å². The van der Waals surface area contributed by atoms with Crippen LogP contribution in [0.2, 0.25) is 0 Å². The minimum atomic E-state index is -1.50. The molecule has 0 saturated carbocycles. The Kier molecular flexibility index (Phi) is 4.86. The first-order chi connectivity index (χ1) is 11.0. The lowest BCUT2D eigenvalue weighted by Crippen LogP contribution is -2.33. The van der Waals surface area contributed by atoms with Gasteiger partial charge in [0, 0.05) is 19.0 Å². The molecule has 1 saturated heterocycles. The number of alkyl halides is 3. The predicted molar refractivity (Wildman–Crippen MR) is 94.8 cm³/mol. The lowest BCUT2D eigenvalue weighted by molar-refractivity contribution is -0.128. The molecule has 0 N–H and O–H groups in total. The number of nitrogens with zero attached hydrogens (tertiary/aromatic N) is 1. The average molecular weight is 369 g/mol. The van der Waals surface area contributed by atoms with Gasteiger partial charge in [-0.15, -0.1) is 11.6 Å². The van der Waals surface area contributed by atoms with Crippen LogP contribution in [0.3, 0.4) is 0 Å². The van der Waals surface area contributed by atoms with Gasteiger partial charge in [-0.2, -0.15) is 0 Å². The summed E-state index contributed by atoms with van der Waals surface area (Å²) in [6.07, 6.45) is 0. The van der Waals surface area contributed by atoms with Crippen LogP contribution in [0.5, 0.6) is 0 Å². The van der Waals surface area contributed by atoms with Crippen LogP contribution in [0.15, 0.2) is 60.7 Å². The van der Waals surface area contributed by atoms with E-state index in [0.29, 0.717) is 13.1 Å². The molecule has 3 rings (SSSR count). The van der Waals surface area contributed by atoms with Crippen molar-refractivity contribution in [1.82, 2.24) is 4.90 Å². The molecule has 0 radical (unpaired) electrons. The van der Waals surface area contributed by atoms with Crippen molar-refractivity contribution in [2.75, 3.05) is 6.54 Å². The lowest BCUT2D eigenvalue weighted by Gasteiger charge is -2.23. The van der Waals surface area contributed by atoms with Gasteiger partial charge in [0.1, 0.15) is 0 Å². The zero-order valence-electron chi connectivity index (χ0n) is 12.3. The van der Waals surface area contributed by atoms with Gasteiger partial charge in [0.05, 0.1) is 5.38 Å². The van der Waals surface area contributed by atoms with Gasteiger partial charge in [-0.05, 0) is 11.1 Å². The van der Waals surface area contributed by atoms with Crippen molar-refractivity contribution in [2.45, 2.75) is 16.3 Å². The van der Waals surface area contributed by atoms with E-state index in [9.17, 15) is 4.79 Å². The summed E-state index contributed by atoms with van der Waals surface area (Å²) in [5.74, 6) is -0.651. The van der Waals surface area contributed by atoms with Crippen LogP contribution in [0.25, 0.3) is 0 Å². The van der Waals surface area contributed by atoms with E-state index in [0.717, 1.165) is 11.1 Å². The maximum atomic E-state index is 12.6. The molecule has 2 aromatic carbocycles. The number of halogens is 3. The van der Waals surface area contributed by atoms with Crippen LogP contribution in [0.1, 0.15) is 16.5 Å². The Bertz CT molecular complexity index is 675. The molecule has 2 atom stereocenters.